The second-order valence-corrected chi connectivity index (χ2v) is 9.53. The van der Waals surface area contributed by atoms with E-state index in [1.54, 1.807) is 12.1 Å². The van der Waals surface area contributed by atoms with Gasteiger partial charge in [0, 0.05) is 31.4 Å². The Kier molecular flexibility index (Phi) is 6.49. The van der Waals surface area contributed by atoms with Crippen LogP contribution in [0.4, 0.5) is 17.5 Å². The van der Waals surface area contributed by atoms with Gasteiger partial charge in [0.1, 0.15) is 17.2 Å². The highest BCUT2D eigenvalue weighted by Gasteiger charge is 2.27. The number of sulfonamides is 1. The number of nitrogens with one attached hydrogen (secondary N) is 3. The van der Waals surface area contributed by atoms with E-state index in [4.69, 9.17) is 9.47 Å². The molecule has 1 atom stereocenters. The van der Waals surface area contributed by atoms with Crippen LogP contribution in [0, 0.1) is 0 Å². The van der Waals surface area contributed by atoms with Gasteiger partial charge in [0.25, 0.3) is 0 Å². The van der Waals surface area contributed by atoms with Gasteiger partial charge in [0.05, 0.1) is 36.3 Å². The van der Waals surface area contributed by atoms with E-state index in [0.717, 1.165) is 17.6 Å². The number of hydrogen-bond acceptors (Lipinski definition) is 8. The number of fused-ring (bicyclic) bond motifs is 1. The third-order valence-electron chi connectivity index (χ3n) is 5.44. The van der Waals surface area contributed by atoms with Crippen molar-refractivity contribution in [1.29, 1.82) is 0 Å². The van der Waals surface area contributed by atoms with Crippen molar-refractivity contribution in [3.05, 3.63) is 30.5 Å². The summed E-state index contributed by atoms with van der Waals surface area (Å²) in [5.41, 5.74) is 1.26. The zero-order valence-electron chi connectivity index (χ0n) is 18.4. The number of ether oxygens (including phenoxy) is 2. The molecule has 10 nitrogen and oxygen atoms in total. The topological polar surface area (TPSA) is 121 Å². The second kappa shape index (κ2) is 9.31. The summed E-state index contributed by atoms with van der Waals surface area (Å²) in [5, 5.41) is 7.46. The first kappa shape index (κ1) is 22.3. The molecule has 2 aromatic heterocycles. The number of anilines is 3. The third-order valence-corrected chi connectivity index (χ3v) is 7.33. The van der Waals surface area contributed by atoms with Gasteiger partial charge in [-0.3, -0.25) is 0 Å². The fourth-order valence-electron chi connectivity index (χ4n) is 3.43. The summed E-state index contributed by atoms with van der Waals surface area (Å²) in [4.78, 5) is 12.4. The zero-order chi connectivity index (χ0) is 22.7. The van der Waals surface area contributed by atoms with Crippen LogP contribution < -0.4 is 15.4 Å². The Morgan fingerprint density at radius 3 is 2.75 bits per heavy atom. The van der Waals surface area contributed by atoms with E-state index < -0.39 is 10.0 Å². The molecular formula is C21H28N6O4S. The fraction of sp³-hybridized carbons (Fsp3) is 0.429. The van der Waals surface area contributed by atoms with Gasteiger partial charge in [-0.1, -0.05) is 6.92 Å². The minimum atomic E-state index is -3.63. The van der Waals surface area contributed by atoms with Crippen molar-refractivity contribution in [3.8, 4) is 5.75 Å². The summed E-state index contributed by atoms with van der Waals surface area (Å²) in [7, 11) is -2.13. The number of methoxy groups -OCH3 is 1. The fourth-order valence-corrected chi connectivity index (χ4v) is 4.86. The number of rotatable bonds is 8. The lowest BCUT2D eigenvalue weighted by Crippen LogP contribution is -2.40. The first-order valence-electron chi connectivity index (χ1n) is 10.6. The highest BCUT2D eigenvalue weighted by Crippen LogP contribution is 2.32. The van der Waals surface area contributed by atoms with E-state index in [0.29, 0.717) is 49.3 Å². The van der Waals surface area contributed by atoms with Crippen LogP contribution in [0.2, 0.25) is 0 Å². The Labute approximate surface area is 187 Å². The van der Waals surface area contributed by atoms with Crippen molar-refractivity contribution in [1.82, 2.24) is 19.3 Å². The van der Waals surface area contributed by atoms with Crippen molar-refractivity contribution in [3.63, 3.8) is 0 Å². The predicted octanol–water partition coefficient (Wildman–Crippen LogP) is 2.94. The maximum Gasteiger partial charge on any atom is 0.243 e. The van der Waals surface area contributed by atoms with E-state index in [1.165, 1.54) is 17.5 Å². The minimum absolute atomic E-state index is 0.168. The van der Waals surface area contributed by atoms with Crippen molar-refractivity contribution in [2.45, 2.75) is 31.2 Å². The molecule has 11 heteroatoms. The van der Waals surface area contributed by atoms with Gasteiger partial charge in [0.15, 0.2) is 0 Å². The third kappa shape index (κ3) is 4.50. The molecule has 0 unspecified atom stereocenters. The van der Waals surface area contributed by atoms with Crippen LogP contribution in [0.3, 0.4) is 0 Å². The van der Waals surface area contributed by atoms with Gasteiger partial charge in [0.2, 0.25) is 16.0 Å². The quantitative estimate of drug-likeness (QED) is 0.469. The Balaban J connectivity index is 1.64. The number of morpholine rings is 1. The number of aromatic amines is 1. The van der Waals surface area contributed by atoms with E-state index in [2.05, 4.69) is 39.4 Å². The maximum atomic E-state index is 13.0. The highest BCUT2D eigenvalue weighted by molar-refractivity contribution is 7.89. The summed E-state index contributed by atoms with van der Waals surface area (Å²) in [6.07, 6.45) is 2.77. The van der Waals surface area contributed by atoms with Gasteiger partial charge < -0.3 is 25.1 Å². The lowest BCUT2D eigenvalue weighted by molar-refractivity contribution is 0.0730. The molecule has 0 saturated carbocycles. The van der Waals surface area contributed by atoms with Gasteiger partial charge in [-0.25, -0.2) is 8.42 Å². The molecule has 1 saturated heterocycles. The SMILES string of the molecule is CC[C@H](C)Nc1nc(Nc2ccc(S(=O)(=O)N3CCOCC3)cc2OC)nc2[nH]ccc12. The molecule has 1 fully saturated rings. The molecule has 0 amide bonds. The van der Waals surface area contributed by atoms with Crippen molar-refractivity contribution >= 4 is 38.5 Å². The molecule has 4 rings (SSSR count). The van der Waals surface area contributed by atoms with Crippen molar-refractivity contribution in [2.75, 3.05) is 44.0 Å². The van der Waals surface area contributed by atoms with E-state index in [1.807, 2.05) is 12.3 Å². The molecule has 0 aliphatic carbocycles. The molecule has 1 aliphatic heterocycles. The first-order valence-corrected chi connectivity index (χ1v) is 12.0. The normalized spacial score (nSPS) is 16.1. The summed E-state index contributed by atoms with van der Waals surface area (Å²) in [5.74, 6) is 1.47. The smallest absolute Gasteiger partial charge is 0.243 e. The van der Waals surface area contributed by atoms with Gasteiger partial charge >= 0.3 is 0 Å². The molecule has 1 aromatic carbocycles. The van der Waals surface area contributed by atoms with Crippen molar-refractivity contribution in [2.24, 2.45) is 0 Å². The van der Waals surface area contributed by atoms with Crippen LogP contribution in [-0.2, 0) is 14.8 Å². The molecule has 0 radical (unpaired) electrons. The molecular weight excluding hydrogens is 432 g/mol. The summed E-state index contributed by atoms with van der Waals surface area (Å²) in [6.45, 7) is 5.64. The molecule has 1 aliphatic rings. The minimum Gasteiger partial charge on any atom is -0.495 e. The van der Waals surface area contributed by atoms with Crippen LogP contribution in [0.1, 0.15) is 20.3 Å². The van der Waals surface area contributed by atoms with Gasteiger partial charge in [-0.15, -0.1) is 0 Å². The molecule has 3 heterocycles. The molecule has 3 N–H and O–H groups in total. The number of benzene rings is 1. The average Bonchev–Trinajstić information content (AvgIpc) is 3.28. The predicted molar refractivity (Wildman–Crippen MR) is 123 cm³/mol. The number of aromatic nitrogens is 3. The lowest BCUT2D eigenvalue weighted by atomic mass is 10.2. The monoisotopic (exact) mass is 460 g/mol. The van der Waals surface area contributed by atoms with E-state index in [9.17, 15) is 8.42 Å². The number of nitrogens with zero attached hydrogens (tertiary/aromatic N) is 3. The highest BCUT2D eigenvalue weighted by atomic mass is 32.2. The average molecular weight is 461 g/mol. The van der Waals surface area contributed by atoms with Crippen LogP contribution >= 0.6 is 0 Å². The molecule has 32 heavy (non-hydrogen) atoms. The lowest BCUT2D eigenvalue weighted by Gasteiger charge is -2.26. The Hall–Kier alpha value is -2.89. The zero-order valence-corrected chi connectivity index (χ0v) is 19.2. The summed E-state index contributed by atoms with van der Waals surface area (Å²) < 4.78 is 38.1. The van der Waals surface area contributed by atoms with Crippen LogP contribution in [0.15, 0.2) is 35.4 Å². The largest absolute Gasteiger partial charge is 0.495 e. The van der Waals surface area contributed by atoms with Crippen molar-refractivity contribution < 1.29 is 17.9 Å². The number of hydrogen-bond donors (Lipinski definition) is 3. The number of H-pyrrole nitrogens is 1. The summed E-state index contributed by atoms with van der Waals surface area (Å²) in [6, 6.07) is 6.90. The maximum absolute atomic E-state index is 13.0. The Morgan fingerprint density at radius 2 is 2.03 bits per heavy atom. The standard InChI is InChI=1S/C21H28N6O4S/c1-4-14(2)23-20-16-7-8-22-19(16)25-21(26-20)24-17-6-5-15(13-18(17)30-3)32(28,29)27-9-11-31-12-10-27/h5-8,13-14H,4,9-12H2,1-3H3,(H3,22,23,24,25,26)/t14-/m0/s1. The summed E-state index contributed by atoms with van der Waals surface area (Å²) >= 11 is 0. The van der Waals surface area contributed by atoms with Gasteiger partial charge in [-0.05, 0) is 31.5 Å². The van der Waals surface area contributed by atoms with Gasteiger partial charge in [-0.2, -0.15) is 14.3 Å². The second-order valence-electron chi connectivity index (χ2n) is 7.59. The van der Waals surface area contributed by atoms with Crippen LogP contribution in [0.25, 0.3) is 11.0 Å². The molecule has 0 spiro atoms. The van der Waals surface area contributed by atoms with Crippen LogP contribution in [-0.4, -0.2) is 67.1 Å². The Morgan fingerprint density at radius 1 is 1.25 bits per heavy atom. The Bertz CT molecular complexity index is 1190. The first-order chi connectivity index (χ1) is 15.4. The van der Waals surface area contributed by atoms with E-state index >= 15 is 0 Å². The molecule has 3 aromatic rings. The molecule has 172 valence electrons. The molecule has 0 bridgehead atoms. The van der Waals surface area contributed by atoms with E-state index in [-0.39, 0.29) is 10.9 Å². The van der Waals surface area contributed by atoms with Crippen LogP contribution in [0.5, 0.6) is 5.75 Å².